The molecule has 1 aromatic carbocycles. The van der Waals surface area contributed by atoms with Gasteiger partial charge in [0, 0.05) is 10.5 Å². The monoisotopic (exact) mass is 310 g/mol. The zero-order valence-corrected chi connectivity index (χ0v) is 11.7. The van der Waals surface area contributed by atoms with Gasteiger partial charge >= 0.3 is 0 Å². The predicted octanol–water partition coefficient (Wildman–Crippen LogP) is 2.36. The maximum Gasteiger partial charge on any atom is 0.233 e. The van der Waals surface area contributed by atoms with Crippen LogP contribution in [0.2, 0.25) is 0 Å². The molecule has 0 heterocycles. The van der Waals surface area contributed by atoms with Crippen LogP contribution in [0.5, 0.6) is 0 Å². The van der Waals surface area contributed by atoms with Gasteiger partial charge in [0.2, 0.25) is 11.8 Å². The number of hydrogen-bond acceptors (Lipinski definition) is 2. The summed E-state index contributed by atoms with van der Waals surface area (Å²) in [6, 6.07) is 5.93. The van der Waals surface area contributed by atoms with Gasteiger partial charge in [-0.05, 0) is 53.4 Å². The quantitative estimate of drug-likeness (QED) is 0.839. The summed E-state index contributed by atoms with van der Waals surface area (Å²) < 4.78 is 0.818. The number of benzene rings is 1. The lowest BCUT2D eigenvalue weighted by Crippen LogP contribution is -2.29. The third kappa shape index (κ3) is 3.84. The van der Waals surface area contributed by atoms with Gasteiger partial charge in [0.1, 0.15) is 6.42 Å². The van der Waals surface area contributed by atoms with E-state index >= 15 is 0 Å². The summed E-state index contributed by atoms with van der Waals surface area (Å²) in [5.41, 5.74) is 1.79. The second-order valence-electron chi connectivity index (χ2n) is 4.55. The van der Waals surface area contributed by atoms with Gasteiger partial charge in [0.15, 0.2) is 0 Å². The Hall–Kier alpha value is -1.36. The molecule has 0 aromatic heterocycles. The van der Waals surface area contributed by atoms with Crippen molar-refractivity contribution in [3.8, 4) is 0 Å². The molecule has 0 unspecified atom stereocenters. The molecule has 0 radical (unpaired) electrons. The van der Waals surface area contributed by atoms with Crippen molar-refractivity contribution in [3.05, 3.63) is 28.2 Å². The highest BCUT2D eigenvalue weighted by atomic mass is 79.9. The van der Waals surface area contributed by atoms with Crippen LogP contribution in [0.4, 0.5) is 5.69 Å². The number of carbonyl (C=O) groups is 2. The maximum absolute atomic E-state index is 11.7. The van der Waals surface area contributed by atoms with Gasteiger partial charge in [-0.1, -0.05) is 6.07 Å². The van der Waals surface area contributed by atoms with Crippen LogP contribution in [0.3, 0.4) is 0 Å². The molecule has 2 rings (SSSR count). The number of rotatable bonds is 4. The summed E-state index contributed by atoms with van der Waals surface area (Å²) >= 11 is 3.38. The van der Waals surface area contributed by atoms with Crippen molar-refractivity contribution in [2.45, 2.75) is 32.2 Å². The van der Waals surface area contributed by atoms with Crippen molar-refractivity contribution in [3.63, 3.8) is 0 Å². The molecule has 2 N–H and O–H groups in total. The molecule has 1 aromatic rings. The molecule has 0 atom stereocenters. The summed E-state index contributed by atoms with van der Waals surface area (Å²) in [5.74, 6) is -0.504. The van der Waals surface area contributed by atoms with E-state index in [9.17, 15) is 9.59 Å². The van der Waals surface area contributed by atoms with Crippen LogP contribution in [-0.4, -0.2) is 17.9 Å². The largest absolute Gasteiger partial charge is 0.353 e. The molecular formula is C13H15BrN2O2. The minimum Gasteiger partial charge on any atom is -0.353 e. The normalized spacial score (nSPS) is 14.1. The highest BCUT2D eigenvalue weighted by Gasteiger charge is 2.24. The molecule has 5 heteroatoms. The van der Waals surface area contributed by atoms with E-state index in [1.54, 1.807) is 0 Å². The Morgan fingerprint density at radius 3 is 2.67 bits per heavy atom. The Morgan fingerprint density at radius 2 is 2.06 bits per heavy atom. The Bertz CT molecular complexity index is 484. The fourth-order valence-corrected chi connectivity index (χ4v) is 2.16. The van der Waals surface area contributed by atoms with E-state index in [2.05, 4.69) is 26.6 Å². The molecule has 96 valence electrons. The number of amides is 2. The number of halogens is 1. The van der Waals surface area contributed by atoms with E-state index in [-0.39, 0.29) is 24.3 Å². The van der Waals surface area contributed by atoms with Crippen molar-refractivity contribution in [1.82, 2.24) is 5.32 Å². The number of aryl methyl sites for hydroxylation is 1. The lowest BCUT2D eigenvalue weighted by Gasteiger charge is -2.08. The molecule has 0 aliphatic heterocycles. The molecule has 18 heavy (non-hydrogen) atoms. The minimum absolute atomic E-state index is 0.128. The van der Waals surface area contributed by atoms with Crippen LogP contribution in [0.15, 0.2) is 22.7 Å². The standard InChI is InChI=1S/C13H15BrN2O2/c1-8-2-5-11(10(14)6-8)16-13(18)7-12(17)15-9-3-4-9/h2,5-6,9H,3-4,7H2,1H3,(H,15,17)(H,16,18). The van der Waals surface area contributed by atoms with Gasteiger partial charge < -0.3 is 10.6 Å². The molecule has 2 amide bonds. The Morgan fingerprint density at radius 1 is 1.33 bits per heavy atom. The van der Waals surface area contributed by atoms with E-state index < -0.39 is 0 Å². The fourth-order valence-electron chi connectivity index (χ4n) is 1.57. The van der Waals surface area contributed by atoms with Gasteiger partial charge in [-0.15, -0.1) is 0 Å². The van der Waals surface area contributed by atoms with Crippen LogP contribution < -0.4 is 10.6 Å². The first-order valence-corrected chi connectivity index (χ1v) is 6.69. The zero-order valence-electron chi connectivity index (χ0n) is 10.1. The van der Waals surface area contributed by atoms with Crippen LogP contribution in [-0.2, 0) is 9.59 Å². The predicted molar refractivity (Wildman–Crippen MR) is 73.3 cm³/mol. The molecular weight excluding hydrogens is 296 g/mol. The van der Waals surface area contributed by atoms with Crippen LogP contribution >= 0.6 is 15.9 Å². The van der Waals surface area contributed by atoms with E-state index in [0.717, 1.165) is 22.9 Å². The smallest absolute Gasteiger partial charge is 0.233 e. The highest BCUT2D eigenvalue weighted by molar-refractivity contribution is 9.10. The van der Waals surface area contributed by atoms with Crippen LogP contribution in [0, 0.1) is 6.92 Å². The Kier molecular flexibility index (Phi) is 4.01. The van der Waals surface area contributed by atoms with E-state index in [1.807, 2.05) is 25.1 Å². The van der Waals surface area contributed by atoms with E-state index in [1.165, 1.54) is 0 Å². The molecule has 0 saturated heterocycles. The lowest BCUT2D eigenvalue weighted by molar-refractivity contribution is -0.126. The van der Waals surface area contributed by atoms with Crippen molar-refractivity contribution >= 4 is 33.4 Å². The number of nitrogens with one attached hydrogen (secondary N) is 2. The number of carbonyl (C=O) groups excluding carboxylic acids is 2. The summed E-state index contributed by atoms with van der Waals surface area (Å²) in [6.07, 6.45) is 1.92. The van der Waals surface area contributed by atoms with Crippen molar-refractivity contribution in [1.29, 1.82) is 0 Å². The second kappa shape index (κ2) is 5.52. The Labute approximate surface area is 114 Å². The molecule has 1 fully saturated rings. The second-order valence-corrected chi connectivity index (χ2v) is 5.40. The average Bonchev–Trinajstić information content (AvgIpc) is 3.05. The van der Waals surface area contributed by atoms with Crippen molar-refractivity contribution in [2.75, 3.05) is 5.32 Å². The SMILES string of the molecule is Cc1ccc(NC(=O)CC(=O)NC2CC2)c(Br)c1. The summed E-state index contributed by atoms with van der Waals surface area (Å²) in [6.45, 7) is 1.97. The summed E-state index contributed by atoms with van der Waals surface area (Å²) in [7, 11) is 0. The molecule has 1 saturated carbocycles. The molecule has 0 spiro atoms. The highest BCUT2D eigenvalue weighted by Crippen LogP contribution is 2.23. The first kappa shape index (κ1) is 13.1. The molecule has 1 aliphatic rings. The zero-order chi connectivity index (χ0) is 13.1. The summed E-state index contributed by atoms with van der Waals surface area (Å²) in [5, 5.41) is 5.50. The average molecular weight is 311 g/mol. The van der Waals surface area contributed by atoms with Gasteiger partial charge in [0.25, 0.3) is 0 Å². The lowest BCUT2D eigenvalue weighted by atomic mass is 10.2. The molecule has 1 aliphatic carbocycles. The third-order valence-electron chi connectivity index (χ3n) is 2.66. The van der Waals surface area contributed by atoms with E-state index in [4.69, 9.17) is 0 Å². The maximum atomic E-state index is 11.7. The molecule has 4 nitrogen and oxygen atoms in total. The van der Waals surface area contributed by atoms with Crippen LogP contribution in [0.25, 0.3) is 0 Å². The first-order valence-electron chi connectivity index (χ1n) is 5.90. The van der Waals surface area contributed by atoms with E-state index in [0.29, 0.717) is 5.69 Å². The minimum atomic E-state index is -0.294. The molecule has 0 bridgehead atoms. The van der Waals surface area contributed by atoms with Gasteiger partial charge in [-0.2, -0.15) is 0 Å². The van der Waals surface area contributed by atoms with Crippen molar-refractivity contribution < 1.29 is 9.59 Å². The van der Waals surface area contributed by atoms with Gasteiger partial charge in [-0.25, -0.2) is 0 Å². The van der Waals surface area contributed by atoms with Gasteiger partial charge in [0.05, 0.1) is 5.69 Å². The van der Waals surface area contributed by atoms with Crippen LogP contribution in [0.1, 0.15) is 24.8 Å². The first-order chi connectivity index (χ1) is 8.54. The van der Waals surface area contributed by atoms with Crippen molar-refractivity contribution in [2.24, 2.45) is 0 Å². The fraction of sp³-hybridized carbons (Fsp3) is 0.385. The number of hydrogen-bond donors (Lipinski definition) is 2. The Balaban J connectivity index is 1.87. The third-order valence-corrected chi connectivity index (χ3v) is 3.32. The summed E-state index contributed by atoms with van der Waals surface area (Å²) in [4.78, 5) is 23.1. The topological polar surface area (TPSA) is 58.2 Å². The number of anilines is 1. The van der Waals surface area contributed by atoms with Gasteiger partial charge in [-0.3, -0.25) is 9.59 Å².